The van der Waals surface area contributed by atoms with Crippen LogP contribution in [-0.2, 0) is 12.1 Å². The molecule has 1 aliphatic rings. The molecule has 0 saturated carbocycles. The van der Waals surface area contributed by atoms with Crippen molar-refractivity contribution >= 4 is 28.4 Å². The minimum absolute atomic E-state index is 0.115. The lowest BCUT2D eigenvalue weighted by Crippen LogP contribution is -2.37. The van der Waals surface area contributed by atoms with Crippen LogP contribution in [0.3, 0.4) is 0 Å². The van der Waals surface area contributed by atoms with Crippen LogP contribution in [0.5, 0.6) is 0 Å². The minimum Gasteiger partial charge on any atom is -0.384 e. The van der Waals surface area contributed by atoms with E-state index in [-0.39, 0.29) is 23.0 Å². The maximum atomic E-state index is 15.5. The molecule has 5 rings (SSSR count). The fourth-order valence-corrected chi connectivity index (χ4v) is 4.29. The van der Waals surface area contributed by atoms with E-state index in [2.05, 4.69) is 20.7 Å². The summed E-state index contributed by atoms with van der Waals surface area (Å²) in [4.78, 5) is 29.4. The number of carbonyl (C=O) groups is 2. The Morgan fingerprint density at radius 3 is 2.80 bits per heavy atom. The van der Waals surface area contributed by atoms with Crippen LogP contribution in [0.25, 0.3) is 10.9 Å². The summed E-state index contributed by atoms with van der Waals surface area (Å²) < 4.78 is 18.8. The summed E-state index contributed by atoms with van der Waals surface area (Å²) in [5, 5.41) is 20.3. The number of nitrogens with one attached hydrogen (secondary N) is 2. The van der Waals surface area contributed by atoms with Gasteiger partial charge in [-0.2, -0.15) is 5.10 Å². The number of pyridine rings is 1. The Hall–Kier alpha value is -4.05. The van der Waals surface area contributed by atoms with Gasteiger partial charge in [0.15, 0.2) is 5.82 Å². The van der Waals surface area contributed by atoms with Crippen LogP contribution >= 0.6 is 0 Å². The molecule has 35 heavy (non-hydrogen) atoms. The van der Waals surface area contributed by atoms with Crippen molar-refractivity contribution in [3.8, 4) is 0 Å². The van der Waals surface area contributed by atoms with Crippen LogP contribution < -0.4 is 10.6 Å². The zero-order chi connectivity index (χ0) is 24.9. The molecule has 0 spiro atoms. The predicted octanol–water partition coefficient (Wildman–Crippen LogP) is 3.20. The summed E-state index contributed by atoms with van der Waals surface area (Å²) in [5.41, 5.74) is 1.33. The fraction of sp³-hybridized carbons (Fsp3) is 0.280. The molecule has 0 unspecified atom stereocenters. The van der Waals surface area contributed by atoms with Crippen LogP contribution in [-0.4, -0.2) is 42.8 Å². The number of hydrogen-bond acceptors (Lipinski definition) is 5. The van der Waals surface area contributed by atoms with E-state index in [0.29, 0.717) is 35.6 Å². The zero-order valence-corrected chi connectivity index (χ0v) is 19.5. The summed E-state index contributed by atoms with van der Waals surface area (Å²) in [6.07, 6.45) is 4.79. The van der Waals surface area contributed by atoms with Gasteiger partial charge in [-0.15, -0.1) is 0 Å². The van der Waals surface area contributed by atoms with Crippen molar-refractivity contribution in [2.24, 2.45) is 0 Å². The second kappa shape index (κ2) is 8.31. The van der Waals surface area contributed by atoms with Crippen molar-refractivity contribution in [2.45, 2.75) is 39.0 Å². The molecule has 0 radical (unpaired) electrons. The standard InChI is InChI=1S/C25H25FN6O3/c1-14-9-28-24(34)19-8-16-5-6-18(21(26)22(16)32(14)19)23(33)30-17-11-29-31(13-17)12-15-4-7-20(27-10-15)25(2,3)35/h4-8,10-11,13-14,35H,9,12H2,1-3H3,(H,28,34)(H,30,33)/t14-/m1/s1. The molecule has 3 N–H and O–H groups in total. The Morgan fingerprint density at radius 2 is 2.09 bits per heavy atom. The number of aliphatic hydroxyl groups is 1. The van der Waals surface area contributed by atoms with E-state index in [9.17, 15) is 14.7 Å². The van der Waals surface area contributed by atoms with E-state index in [4.69, 9.17) is 0 Å². The average molecular weight is 477 g/mol. The number of hydrogen-bond donors (Lipinski definition) is 3. The fourth-order valence-electron chi connectivity index (χ4n) is 4.29. The first-order chi connectivity index (χ1) is 16.6. The highest BCUT2D eigenvalue weighted by atomic mass is 19.1. The minimum atomic E-state index is -1.02. The molecule has 1 aliphatic heterocycles. The normalized spacial score (nSPS) is 15.7. The van der Waals surface area contributed by atoms with Crippen molar-refractivity contribution in [1.82, 2.24) is 24.6 Å². The van der Waals surface area contributed by atoms with Gasteiger partial charge in [-0.05, 0) is 44.5 Å². The topological polar surface area (TPSA) is 114 Å². The molecule has 3 aromatic heterocycles. The summed E-state index contributed by atoms with van der Waals surface area (Å²) >= 11 is 0. The van der Waals surface area contributed by atoms with Crippen molar-refractivity contribution in [1.29, 1.82) is 0 Å². The molecule has 0 saturated heterocycles. The molecule has 10 heteroatoms. The van der Waals surface area contributed by atoms with E-state index < -0.39 is 17.3 Å². The first kappa shape index (κ1) is 22.7. The summed E-state index contributed by atoms with van der Waals surface area (Å²) in [6.45, 7) is 6.02. The number of halogens is 1. The van der Waals surface area contributed by atoms with E-state index in [1.54, 1.807) is 53.7 Å². The van der Waals surface area contributed by atoms with E-state index in [1.807, 2.05) is 13.0 Å². The summed E-state index contributed by atoms with van der Waals surface area (Å²) in [6, 6.07) is 8.17. The highest BCUT2D eigenvalue weighted by molar-refractivity contribution is 6.07. The van der Waals surface area contributed by atoms with Gasteiger partial charge in [-0.3, -0.25) is 19.3 Å². The van der Waals surface area contributed by atoms with Crippen LogP contribution in [0.15, 0.2) is 48.9 Å². The Labute approximate surface area is 200 Å². The number of rotatable bonds is 5. The quantitative estimate of drug-likeness (QED) is 0.409. The van der Waals surface area contributed by atoms with Gasteiger partial charge in [-0.25, -0.2) is 4.39 Å². The lowest BCUT2D eigenvalue weighted by atomic mass is 10.0. The van der Waals surface area contributed by atoms with Gasteiger partial charge in [0.05, 0.1) is 35.2 Å². The Kier molecular flexibility index (Phi) is 5.40. The van der Waals surface area contributed by atoms with Crippen molar-refractivity contribution in [3.05, 3.63) is 77.3 Å². The molecular formula is C25H25FN6O3. The number of aromatic nitrogens is 4. The van der Waals surface area contributed by atoms with Gasteiger partial charge in [-0.1, -0.05) is 12.1 Å². The molecule has 1 atom stereocenters. The maximum absolute atomic E-state index is 15.5. The molecule has 0 fully saturated rings. The van der Waals surface area contributed by atoms with Gasteiger partial charge in [0, 0.05) is 30.4 Å². The van der Waals surface area contributed by atoms with Crippen LogP contribution in [0.4, 0.5) is 10.1 Å². The number of carbonyl (C=O) groups excluding carboxylic acids is 2. The largest absolute Gasteiger partial charge is 0.384 e. The molecule has 4 aromatic rings. The number of nitrogens with zero attached hydrogens (tertiary/aromatic N) is 4. The van der Waals surface area contributed by atoms with Crippen molar-refractivity contribution in [2.75, 3.05) is 11.9 Å². The molecule has 180 valence electrons. The molecular weight excluding hydrogens is 451 g/mol. The van der Waals surface area contributed by atoms with Crippen LogP contribution in [0.2, 0.25) is 0 Å². The van der Waals surface area contributed by atoms with Gasteiger partial charge in [0.1, 0.15) is 11.3 Å². The van der Waals surface area contributed by atoms with E-state index in [0.717, 1.165) is 5.56 Å². The third-order valence-electron chi connectivity index (χ3n) is 6.10. The van der Waals surface area contributed by atoms with E-state index in [1.165, 1.54) is 12.3 Å². The van der Waals surface area contributed by atoms with Gasteiger partial charge in [0.2, 0.25) is 0 Å². The smallest absolute Gasteiger partial charge is 0.268 e. The molecule has 9 nitrogen and oxygen atoms in total. The summed E-state index contributed by atoms with van der Waals surface area (Å²) in [7, 11) is 0. The second-order valence-corrected chi connectivity index (χ2v) is 9.31. The van der Waals surface area contributed by atoms with Gasteiger partial charge >= 0.3 is 0 Å². The second-order valence-electron chi connectivity index (χ2n) is 9.31. The Balaban J connectivity index is 1.35. The highest BCUT2D eigenvalue weighted by Crippen LogP contribution is 2.30. The number of amides is 2. The third-order valence-corrected chi connectivity index (χ3v) is 6.10. The van der Waals surface area contributed by atoms with E-state index >= 15 is 4.39 Å². The number of anilines is 1. The van der Waals surface area contributed by atoms with Crippen LogP contribution in [0, 0.1) is 5.82 Å². The monoisotopic (exact) mass is 476 g/mol. The summed E-state index contributed by atoms with van der Waals surface area (Å²) in [5.74, 6) is -1.54. The highest BCUT2D eigenvalue weighted by Gasteiger charge is 2.28. The number of benzene rings is 1. The first-order valence-electron chi connectivity index (χ1n) is 11.2. The third kappa shape index (κ3) is 4.17. The Bertz CT molecular complexity index is 1450. The van der Waals surface area contributed by atoms with Crippen LogP contribution in [0.1, 0.15) is 58.9 Å². The van der Waals surface area contributed by atoms with Crippen molar-refractivity contribution in [3.63, 3.8) is 0 Å². The van der Waals surface area contributed by atoms with Gasteiger partial charge < -0.3 is 20.3 Å². The molecule has 1 aromatic carbocycles. The molecule has 4 heterocycles. The number of fused-ring (bicyclic) bond motifs is 3. The van der Waals surface area contributed by atoms with Gasteiger partial charge in [0.25, 0.3) is 11.8 Å². The molecule has 0 aliphatic carbocycles. The Morgan fingerprint density at radius 1 is 1.29 bits per heavy atom. The molecule has 2 amide bonds. The van der Waals surface area contributed by atoms with Crippen molar-refractivity contribution < 1.29 is 19.1 Å². The lowest BCUT2D eigenvalue weighted by Gasteiger charge is -2.24. The lowest BCUT2D eigenvalue weighted by molar-refractivity contribution is 0.0738. The SMILES string of the molecule is C[C@@H]1CNC(=O)c2cc3ccc(C(=O)Nc4cnn(Cc5ccc(C(C)(C)O)nc5)c4)c(F)c3n21. The molecule has 0 bridgehead atoms. The first-order valence-corrected chi connectivity index (χ1v) is 11.2. The predicted molar refractivity (Wildman–Crippen MR) is 128 cm³/mol. The zero-order valence-electron chi connectivity index (χ0n) is 19.5. The maximum Gasteiger partial charge on any atom is 0.268 e. The average Bonchev–Trinajstić information content (AvgIpc) is 3.41.